The van der Waals surface area contributed by atoms with Crippen LogP contribution in [-0.4, -0.2) is 29.1 Å². The summed E-state index contributed by atoms with van der Waals surface area (Å²) in [5.41, 5.74) is 1.26. The lowest BCUT2D eigenvalue weighted by molar-refractivity contribution is 0.00578. The van der Waals surface area contributed by atoms with E-state index in [4.69, 9.17) is 9.31 Å². The van der Waals surface area contributed by atoms with Gasteiger partial charge in [-0.15, -0.1) is 0 Å². The van der Waals surface area contributed by atoms with Crippen LogP contribution >= 0.6 is 12.6 Å². The van der Waals surface area contributed by atoms with E-state index < -0.39 is 0 Å². The van der Waals surface area contributed by atoms with Crippen molar-refractivity contribution in [2.75, 3.05) is 5.75 Å². The Morgan fingerprint density at radius 1 is 1.20 bits per heavy atom. The minimum atomic E-state index is -0.344. The van der Waals surface area contributed by atoms with Crippen LogP contribution in [0.25, 0.3) is 6.08 Å². The highest BCUT2D eigenvalue weighted by Gasteiger charge is 2.51. The standard InChI is InChI=1S/C15H22BNO2S/c1-14(2)15(3,4)19-16(18-14)12-8-9-13(17-11-12)7-5-6-10-20/h5,7-9,11,20H,6,10H2,1-4H3. The van der Waals surface area contributed by atoms with Crippen molar-refractivity contribution in [2.45, 2.75) is 45.3 Å². The highest BCUT2D eigenvalue weighted by molar-refractivity contribution is 7.80. The smallest absolute Gasteiger partial charge is 0.399 e. The number of rotatable bonds is 4. The molecule has 0 amide bonds. The summed E-state index contributed by atoms with van der Waals surface area (Å²) in [5.74, 6) is 0.850. The van der Waals surface area contributed by atoms with Gasteiger partial charge in [0.1, 0.15) is 0 Å². The van der Waals surface area contributed by atoms with E-state index in [2.05, 4.69) is 51.4 Å². The highest BCUT2D eigenvalue weighted by Crippen LogP contribution is 2.36. The zero-order valence-electron chi connectivity index (χ0n) is 12.6. The van der Waals surface area contributed by atoms with E-state index in [9.17, 15) is 0 Å². The van der Waals surface area contributed by atoms with Gasteiger partial charge in [-0.25, -0.2) is 0 Å². The summed E-state index contributed by atoms with van der Waals surface area (Å²) in [6, 6.07) is 3.99. The molecule has 0 N–H and O–H groups in total. The monoisotopic (exact) mass is 291 g/mol. The van der Waals surface area contributed by atoms with Crippen LogP contribution in [0.4, 0.5) is 0 Å². The van der Waals surface area contributed by atoms with Crippen LogP contribution < -0.4 is 5.46 Å². The molecule has 1 aromatic heterocycles. The molecule has 0 aromatic carbocycles. The lowest BCUT2D eigenvalue weighted by atomic mass is 9.80. The maximum atomic E-state index is 6.00. The highest BCUT2D eigenvalue weighted by atomic mass is 32.1. The number of thiol groups is 1. The van der Waals surface area contributed by atoms with Gasteiger partial charge in [0.25, 0.3) is 0 Å². The first kappa shape index (κ1) is 15.6. The Morgan fingerprint density at radius 3 is 2.35 bits per heavy atom. The first-order valence-electron chi connectivity index (χ1n) is 6.95. The first-order valence-corrected chi connectivity index (χ1v) is 7.58. The Balaban J connectivity index is 2.08. The quantitative estimate of drug-likeness (QED) is 0.683. The van der Waals surface area contributed by atoms with E-state index in [1.54, 1.807) is 0 Å². The van der Waals surface area contributed by atoms with Gasteiger partial charge in [-0.2, -0.15) is 12.6 Å². The summed E-state index contributed by atoms with van der Waals surface area (Å²) in [6.45, 7) is 8.20. The van der Waals surface area contributed by atoms with Gasteiger partial charge in [-0.3, -0.25) is 4.98 Å². The lowest BCUT2D eigenvalue weighted by Gasteiger charge is -2.32. The summed E-state index contributed by atoms with van der Waals surface area (Å²) in [6.07, 6.45) is 6.85. The Bertz CT molecular complexity index is 469. The minimum absolute atomic E-state index is 0.317. The Hall–Kier alpha value is -0.775. The lowest BCUT2D eigenvalue weighted by Crippen LogP contribution is -2.41. The van der Waals surface area contributed by atoms with Crippen LogP contribution in [0.5, 0.6) is 0 Å². The minimum Gasteiger partial charge on any atom is -0.399 e. The molecule has 1 aliphatic rings. The van der Waals surface area contributed by atoms with Gasteiger partial charge in [-0.05, 0) is 52.0 Å². The second-order valence-corrected chi connectivity index (χ2v) is 6.47. The Morgan fingerprint density at radius 2 is 1.85 bits per heavy atom. The van der Waals surface area contributed by atoms with Crippen molar-refractivity contribution in [2.24, 2.45) is 0 Å². The van der Waals surface area contributed by atoms with Gasteiger partial charge in [-0.1, -0.05) is 12.1 Å². The molecule has 1 aromatic rings. The molecule has 1 fully saturated rings. The molecule has 0 spiro atoms. The number of hydrogen-bond acceptors (Lipinski definition) is 4. The molecule has 0 saturated carbocycles. The molecule has 0 unspecified atom stereocenters. The molecule has 2 heterocycles. The number of aromatic nitrogens is 1. The van der Waals surface area contributed by atoms with E-state index in [0.29, 0.717) is 0 Å². The van der Waals surface area contributed by atoms with Crippen LogP contribution in [0, 0.1) is 0 Å². The molecule has 20 heavy (non-hydrogen) atoms. The van der Waals surface area contributed by atoms with E-state index in [0.717, 1.165) is 23.3 Å². The molecule has 0 aliphatic carbocycles. The zero-order chi connectivity index (χ0) is 14.8. The van der Waals surface area contributed by atoms with Crippen LogP contribution in [0.1, 0.15) is 39.8 Å². The van der Waals surface area contributed by atoms with Crippen LogP contribution in [-0.2, 0) is 9.31 Å². The van der Waals surface area contributed by atoms with E-state index in [-0.39, 0.29) is 18.3 Å². The van der Waals surface area contributed by atoms with Crippen molar-refractivity contribution in [1.29, 1.82) is 0 Å². The largest absolute Gasteiger partial charge is 0.496 e. The molecular weight excluding hydrogens is 269 g/mol. The van der Waals surface area contributed by atoms with E-state index in [1.807, 2.05) is 24.4 Å². The second-order valence-electron chi connectivity index (χ2n) is 6.02. The van der Waals surface area contributed by atoms with Crippen molar-refractivity contribution in [3.63, 3.8) is 0 Å². The fourth-order valence-electron chi connectivity index (χ4n) is 1.91. The summed E-state index contributed by atoms with van der Waals surface area (Å²) in [7, 11) is -0.344. The number of hydrogen-bond donors (Lipinski definition) is 1. The Labute approximate surface area is 127 Å². The molecule has 108 valence electrons. The predicted molar refractivity (Wildman–Crippen MR) is 87.5 cm³/mol. The van der Waals surface area contributed by atoms with Crippen molar-refractivity contribution in [1.82, 2.24) is 4.98 Å². The molecule has 0 atom stereocenters. The maximum Gasteiger partial charge on any atom is 0.496 e. The summed E-state index contributed by atoms with van der Waals surface area (Å²) in [5, 5.41) is 0. The first-order chi connectivity index (χ1) is 9.36. The maximum absolute atomic E-state index is 6.00. The molecule has 1 saturated heterocycles. The van der Waals surface area contributed by atoms with Crippen LogP contribution in [0.2, 0.25) is 0 Å². The van der Waals surface area contributed by atoms with Gasteiger partial charge in [0.2, 0.25) is 0 Å². The molecule has 2 rings (SSSR count). The van der Waals surface area contributed by atoms with Crippen LogP contribution in [0.3, 0.4) is 0 Å². The predicted octanol–water partition coefficient (Wildman–Crippen LogP) is 2.71. The molecule has 0 bridgehead atoms. The zero-order valence-corrected chi connectivity index (χ0v) is 13.5. The third-order valence-corrected chi connectivity index (χ3v) is 4.18. The van der Waals surface area contributed by atoms with Gasteiger partial charge in [0.15, 0.2) is 0 Å². The number of allylic oxidation sites excluding steroid dienone is 1. The molecule has 1 aliphatic heterocycles. The third-order valence-electron chi connectivity index (χ3n) is 3.92. The molecule has 5 heteroatoms. The fraction of sp³-hybridized carbons (Fsp3) is 0.533. The average Bonchev–Trinajstić information content (AvgIpc) is 2.60. The molecule has 0 radical (unpaired) electrons. The topological polar surface area (TPSA) is 31.4 Å². The molecular formula is C15H22BNO2S. The summed E-state index contributed by atoms with van der Waals surface area (Å²) in [4.78, 5) is 4.42. The van der Waals surface area contributed by atoms with E-state index >= 15 is 0 Å². The van der Waals surface area contributed by atoms with Gasteiger partial charge in [0.05, 0.1) is 16.9 Å². The van der Waals surface area contributed by atoms with Crippen molar-refractivity contribution < 1.29 is 9.31 Å². The van der Waals surface area contributed by atoms with Gasteiger partial charge >= 0.3 is 7.12 Å². The Kier molecular flexibility index (Phi) is 4.62. The fourth-order valence-corrected chi connectivity index (χ4v) is 2.06. The average molecular weight is 291 g/mol. The normalized spacial score (nSPS) is 20.8. The van der Waals surface area contributed by atoms with Crippen LogP contribution in [0.15, 0.2) is 24.4 Å². The summed E-state index contributed by atoms with van der Waals surface area (Å²) < 4.78 is 12.0. The van der Waals surface area contributed by atoms with Crippen molar-refractivity contribution >= 4 is 31.3 Å². The molecule has 3 nitrogen and oxygen atoms in total. The van der Waals surface area contributed by atoms with Gasteiger partial charge < -0.3 is 9.31 Å². The number of pyridine rings is 1. The van der Waals surface area contributed by atoms with Crippen molar-refractivity contribution in [3.05, 3.63) is 30.1 Å². The second kappa shape index (κ2) is 5.92. The van der Waals surface area contributed by atoms with Gasteiger partial charge in [0, 0.05) is 11.7 Å². The van der Waals surface area contributed by atoms with Crippen molar-refractivity contribution in [3.8, 4) is 0 Å². The third kappa shape index (κ3) is 3.27. The number of nitrogens with zero attached hydrogens (tertiary/aromatic N) is 1. The summed E-state index contributed by atoms with van der Waals surface area (Å²) >= 11 is 4.17. The van der Waals surface area contributed by atoms with E-state index in [1.165, 1.54) is 0 Å². The SMILES string of the molecule is CC1(C)OB(c2ccc(C=CCCS)nc2)OC1(C)C.